The molecule has 0 amide bonds. The first-order valence-electron chi connectivity index (χ1n) is 6.46. The van der Waals surface area contributed by atoms with Crippen LogP contribution >= 0.6 is 11.6 Å². The van der Waals surface area contributed by atoms with E-state index in [1.54, 1.807) is 6.07 Å². The number of rotatable bonds is 1. The maximum atomic E-state index is 9.26. The van der Waals surface area contributed by atoms with E-state index in [9.17, 15) is 5.26 Å². The third kappa shape index (κ3) is 2.30. The maximum absolute atomic E-state index is 9.26. The minimum absolute atomic E-state index is 0.493. The Kier molecular flexibility index (Phi) is 3.36. The van der Waals surface area contributed by atoms with Gasteiger partial charge in [-0.1, -0.05) is 17.7 Å². The summed E-state index contributed by atoms with van der Waals surface area (Å²) in [5.74, 6) is -0.493. The quantitative estimate of drug-likeness (QED) is 0.792. The van der Waals surface area contributed by atoms with Gasteiger partial charge in [0.1, 0.15) is 6.07 Å². The zero-order chi connectivity index (χ0) is 13.3. The van der Waals surface area contributed by atoms with Crippen molar-refractivity contribution in [3.05, 3.63) is 28.8 Å². The van der Waals surface area contributed by atoms with E-state index < -0.39 is 5.79 Å². The molecule has 2 aliphatic rings. The van der Waals surface area contributed by atoms with Gasteiger partial charge < -0.3 is 14.4 Å². The molecule has 3 rings (SSSR count). The second-order valence-corrected chi connectivity index (χ2v) is 5.29. The van der Waals surface area contributed by atoms with Gasteiger partial charge in [0.25, 0.3) is 0 Å². The van der Waals surface area contributed by atoms with E-state index in [0.29, 0.717) is 30.3 Å². The average molecular weight is 279 g/mol. The lowest BCUT2D eigenvalue weighted by Gasteiger charge is -2.40. The SMILES string of the molecule is N#Cc1c(Cl)cccc1N1CCCC2(C1)OCCO2. The van der Waals surface area contributed by atoms with E-state index in [0.717, 1.165) is 25.1 Å². The highest BCUT2D eigenvalue weighted by molar-refractivity contribution is 6.32. The summed E-state index contributed by atoms with van der Waals surface area (Å²) in [4.78, 5) is 2.14. The topological polar surface area (TPSA) is 45.5 Å². The molecule has 0 bridgehead atoms. The molecule has 19 heavy (non-hydrogen) atoms. The first-order chi connectivity index (χ1) is 9.24. The molecule has 0 N–H and O–H groups in total. The molecular weight excluding hydrogens is 264 g/mol. The fourth-order valence-electron chi connectivity index (χ4n) is 2.81. The molecule has 1 spiro atoms. The number of hydrogen-bond donors (Lipinski definition) is 0. The number of hydrogen-bond acceptors (Lipinski definition) is 4. The first-order valence-corrected chi connectivity index (χ1v) is 6.83. The van der Waals surface area contributed by atoms with Crippen molar-refractivity contribution in [1.29, 1.82) is 5.26 Å². The average Bonchev–Trinajstić information content (AvgIpc) is 2.86. The number of anilines is 1. The molecule has 2 aliphatic heterocycles. The Balaban J connectivity index is 1.90. The fourth-order valence-corrected chi connectivity index (χ4v) is 3.03. The van der Waals surface area contributed by atoms with Crippen LogP contribution in [0.15, 0.2) is 18.2 Å². The van der Waals surface area contributed by atoms with Crippen molar-refractivity contribution in [3.8, 4) is 6.07 Å². The molecule has 2 fully saturated rings. The predicted octanol–water partition coefficient (Wildman–Crippen LogP) is 2.55. The second kappa shape index (κ2) is 5.01. The molecule has 2 heterocycles. The van der Waals surface area contributed by atoms with Gasteiger partial charge in [-0.25, -0.2) is 0 Å². The summed E-state index contributed by atoms with van der Waals surface area (Å²) < 4.78 is 11.5. The van der Waals surface area contributed by atoms with Crippen LogP contribution in [0.4, 0.5) is 5.69 Å². The van der Waals surface area contributed by atoms with Gasteiger partial charge in [-0.05, 0) is 18.6 Å². The lowest BCUT2D eigenvalue weighted by Crippen LogP contribution is -2.49. The van der Waals surface area contributed by atoms with Crippen molar-refractivity contribution in [2.45, 2.75) is 18.6 Å². The lowest BCUT2D eigenvalue weighted by atomic mass is 10.0. The third-order valence-electron chi connectivity index (χ3n) is 3.68. The Morgan fingerprint density at radius 3 is 2.84 bits per heavy atom. The summed E-state index contributed by atoms with van der Waals surface area (Å²) in [5.41, 5.74) is 1.40. The number of piperidine rings is 1. The van der Waals surface area contributed by atoms with Gasteiger partial charge in [0.05, 0.1) is 36.0 Å². The molecule has 0 unspecified atom stereocenters. The van der Waals surface area contributed by atoms with E-state index in [1.807, 2.05) is 12.1 Å². The standard InChI is InChI=1S/C14H15ClN2O2/c15-12-3-1-4-13(11(12)9-16)17-6-2-5-14(10-17)18-7-8-19-14/h1,3-4H,2,5-8,10H2. The zero-order valence-electron chi connectivity index (χ0n) is 10.6. The number of halogens is 1. The highest BCUT2D eigenvalue weighted by atomic mass is 35.5. The minimum Gasteiger partial charge on any atom is -0.365 e. The van der Waals surface area contributed by atoms with Crippen molar-refractivity contribution in [3.63, 3.8) is 0 Å². The highest BCUT2D eigenvalue weighted by Crippen LogP contribution is 2.35. The van der Waals surface area contributed by atoms with Crippen LogP contribution in [-0.2, 0) is 9.47 Å². The molecule has 2 saturated heterocycles. The third-order valence-corrected chi connectivity index (χ3v) is 3.99. The van der Waals surface area contributed by atoms with E-state index in [4.69, 9.17) is 21.1 Å². The van der Waals surface area contributed by atoms with Crippen LogP contribution in [0.1, 0.15) is 18.4 Å². The van der Waals surface area contributed by atoms with Crippen LogP contribution in [0, 0.1) is 11.3 Å². The van der Waals surface area contributed by atoms with Crippen LogP contribution in [0.5, 0.6) is 0 Å². The Morgan fingerprint density at radius 2 is 2.11 bits per heavy atom. The summed E-state index contributed by atoms with van der Waals surface area (Å²) in [6.45, 7) is 2.84. The molecule has 0 aliphatic carbocycles. The van der Waals surface area contributed by atoms with Gasteiger partial charge in [-0.2, -0.15) is 5.26 Å². The first kappa shape index (κ1) is 12.7. The zero-order valence-corrected chi connectivity index (χ0v) is 11.3. The van der Waals surface area contributed by atoms with E-state index in [2.05, 4.69) is 11.0 Å². The van der Waals surface area contributed by atoms with Crippen LogP contribution in [-0.4, -0.2) is 32.1 Å². The van der Waals surface area contributed by atoms with Crippen LogP contribution in [0.25, 0.3) is 0 Å². The molecule has 1 aromatic carbocycles. The van der Waals surface area contributed by atoms with Crippen molar-refractivity contribution < 1.29 is 9.47 Å². The molecule has 5 heteroatoms. The lowest BCUT2D eigenvalue weighted by molar-refractivity contribution is -0.161. The van der Waals surface area contributed by atoms with Gasteiger partial charge in [0, 0.05) is 13.0 Å². The molecule has 0 atom stereocenters. The van der Waals surface area contributed by atoms with Crippen molar-refractivity contribution in [1.82, 2.24) is 0 Å². The monoisotopic (exact) mass is 278 g/mol. The molecule has 0 radical (unpaired) electrons. The van der Waals surface area contributed by atoms with E-state index in [-0.39, 0.29) is 0 Å². The van der Waals surface area contributed by atoms with Crippen molar-refractivity contribution >= 4 is 17.3 Å². The summed E-state index contributed by atoms with van der Waals surface area (Å²) in [6, 6.07) is 7.73. The molecule has 0 saturated carbocycles. The van der Waals surface area contributed by atoms with Gasteiger partial charge >= 0.3 is 0 Å². The highest BCUT2D eigenvalue weighted by Gasteiger charge is 2.41. The van der Waals surface area contributed by atoms with Crippen molar-refractivity contribution in [2.75, 3.05) is 31.2 Å². The Bertz CT molecular complexity index is 521. The second-order valence-electron chi connectivity index (χ2n) is 4.88. The summed E-state index contributed by atoms with van der Waals surface area (Å²) >= 11 is 6.09. The predicted molar refractivity (Wildman–Crippen MR) is 72.2 cm³/mol. The molecule has 0 aromatic heterocycles. The van der Waals surface area contributed by atoms with Crippen LogP contribution in [0.3, 0.4) is 0 Å². The van der Waals surface area contributed by atoms with Crippen molar-refractivity contribution in [2.24, 2.45) is 0 Å². The van der Waals surface area contributed by atoms with Crippen LogP contribution < -0.4 is 4.90 Å². The van der Waals surface area contributed by atoms with E-state index >= 15 is 0 Å². The van der Waals surface area contributed by atoms with Gasteiger partial charge in [-0.15, -0.1) is 0 Å². The number of nitrogens with zero attached hydrogens (tertiary/aromatic N) is 2. The van der Waals surface area contributed by atoms with E-state index in [1.165, 1.54) is 0 Å². The minimum atomic E-state index is -0.493. The fraction of sp³-hybridized carbons (Fsp3) is 0.500. The molecule has 100 valence electrons. The summed E-state index contributed by atoms with van der Waals surface area (Å²) in [7, 11) is 0. The van der Waals surface area contributed by atoms with Gasteiger partial charge in [-0.3, -0.25) is 0 Å². The Hall–Kier alpha value is -1.28. The number of nitriles is 1. The number of benzene rings is 1. The number of ether oxygens (including phenoxy) is 2. The largest absolute Gasteiger partial charge is 0.365 e. The molecule has 4 nitrogen and oxygen atoms in total. The maximum Gasteiger partial charge on any atom is 0.186 e. The smallest absolute Gasteiger partial charge is 0.186 e. The Labute approximate surface area is 117 Å². The summed E-state index contributed by atoms with van der Waals surface area (Å²) in [6.07, 6.45) is 1.89. The summed E-state index contributed by atoms with van der Waals surface area (Å²) in [5, 5.41) is 9.76. The van der Waals surface area contributed by atoms with Crippen LogP contribution in [0.2, 0.25) is 5.02 Å². The molecule has 1 aromatic rings. The normalized spacial score (nSPS) is 21.6. The Morgan fingerprint density at radius 1 is 1.32 bits per heavy atom. The molecular formula is C14H15ClN2O2. The van der Waals surface area contributed by atoms with Gasteiger partial charge in [0.2, 0.25) is 0 Å². The van der Waals surface area contributed by atoms with Gasteiger partial charge in [0.15, 0.2) is 5.79 Å².